The SMILES string of the molecule is CCOC(=O)c1sc(-c2ccc(Br)cc2Br)c(CC)c1N. The van der Waals surface area contributed by atoms with Crippen molar-refractivity contribution in [2.24, 2.45) is 0 Å². The summed E-state index contributed by atoms with van der Waals surface area (Å²) in [5.74, 6) is -0.353. The van der Waals surface area contributed by atoms with Gasteiger partial charge in [-0.15, -0.1) is 11.3 Å². The van der Waals surface area contributed by atoms with Gasteiger partial charge in [-0.3, -0.25) is 0 Å². The van der Waals surface area contributed by atoms with Gasteiger partial charge in [0.1, 0.15) is 4.88 Å². The summed E-state index contributed by atoms with van der Waals surface area (Å²) in [7, 11) is 0. The minimum atomic E-state index is -0.353. The van der Waals surface area contributed by atoms with Crippen LogP contribution in [0.15, 0.2) is 27.1 Å². The van der Waals surface area contributed by atoms with Gasteiger partial charge in [0.15, 0.2) is 0 Å². The van der Waals surface area contributed by atoms with E-state index < -0.39 is 0 Å². The molecule has 3 nitrogen and oxygen atoms in total. The summed E-state index contributed by atoms with van der Waals surface area (Å²) in [6, 6.07) is 5.96. The lowest BCUT2D eigenvalue weighted by Gasteiger charge is -2.06. The molecule has 0 aliphatic heterocycles. The van der Waals surface area contributed by atoms with E-state index in [-0.39, 0.29) is 5.97 Å². The molecule has 2 N–H and O–H groups in total. The van der Waals surface area contributed by atoms with E-state index in [2.05, 4.69) is 31.9 Å². The smallest absolute Gasteiger partial charge is 0.350 e. The molecule has 0 spiro atoms. The molecule has 6 heteroatoms. The fraction of sp³-hybridized carbons (Fsp3) is 0.267. The maximum atomic E-state index is 12.0. The summed E-state index contributed by atoms with van der Waals surface area (Å²) in [4.78, 5) is 13.5. The molecule has 0 radical (unpaired) electrons. The zero-order chi connectivity index (χ0) is 15.6. The van der Waals surface area contributed by atoms with Gasteiger partial charge in [0.05, 0.1) is 12.3 Å². The van der Waals surface area contributed by atoms with Gasteiger partial charge in [0, 0.05) is 19.4 Å². The standard InChI is InChI=1S/C15H15Br2NO2S/c1-3-9-12(18)14(15(19)20-4-2)21-13(9)10-6-5-8(16)7-11(10)17/h5-7H,3-4,18H2,1-2H3. The number of carbonyl (C=O) groups is 1. The van der Waals surface area contributed by atoms with Gasteiger partial charge in [-0.1, -0.05) is 44.8 Å². The Bertz CT molecular complexity index is 683. The Hall–Kier alpha value is -0.850. The number of anilines is 1. The highest BCUT2D eigenvalue weighted by molar-refractivity contribution is 9.11. The average Bonchev–Trinajstić information content (AvgIpc) is 2.76. The largest absolute Gasteiger partial charge is 0.462 e. The topological polar surface area (TPSA) is 52.3 Å². The first-order valence-corrected chi connectivity index (χ1v) is 8.93. The molecule has 0 aliphatic rings. The zero-order valence-electron chi connectivity index (χ0n) is 11.7. The maximum absolute atomic E-state index is 12.0. The first-order chi connectivity index (χ1) is 9.99. The molecule has 0 amide bonds. The number of thiophene rings is 1. The van der Waals surface area contributed by atoms with Gasteiger partial charge in [0.2, 0.25) is 0 Å². The second-order valence-corrected chi connectivity index (χ2v) is 7.14. The van der Waals surface area contributed by atoms with Gasteiger partial charge in [0.25, 0.3) is 0 Å². The van der Waals surface area contributed by atoms with Crippen LogP contribution in [0.4, 0.5) is 5.69 Å². The van der Waals surface area contributed by atoms with Crippen LogP contribution in [-0.2, 0) is 11.2 Å². The highest BCUT2D eigenvalue weighted by atomic mass is 79.9. The Morgan fingerprint density at radius 2 is 2.05 bits per heavy atom. The number of rotatable bonds is 4. The Balaban J connectivity index is 2.58. The molecule has 0 fully saturated rings. The van der Waals surface area contributed by atoms with Gasteiger partial charge < -0.3 is 10.5 Å². The van der Waals surface area contributed by atoms with E-state index >= 15 is 0 Å². The molecule has 0 saturated heterocycles. The first-order valence-electron chi connectivity index (χ1n) is 6.53. The van der Waals surface area contributed by atoms with E-state index in [9.17, 15) is 4.79 Å². The predicted octanol–water partition coefficient (Wildman–Crippen LogP) is 5.26. The number of benzene rings is 1. The number of nitrogen functional groups attached to an aromatic ring is 1. The van der Waals surface area contributed by atoms with E-state index in [1.165, 1.54) is 11.3 Å². The maximum Gasteiger partial charge on any atom is 0.350 e. The minimum absolute atomic E-state index is 0.342. The lowest BCUT2D eigenvalue weighted by atomic mass is 10.1. The van der Waals surface area contributed by atoms with Gasteiger partial charge in [-0.25, -0.2) is 4.79 Å². The van der Waals surface area contributed by atoms with Crippen LogP contribution < -0.4 is 5.73 Å². The molecule has 0 bridgehead atoms. The monoisotopic (exact) mass is 431 g/mol. The Labute approximate surface area is 144 Å². The fourth-order valence-corrected chi connectivity index (χ4v) is 4.69. The van der Waals surface area contributed by atoms with Crippen LogP contribution in [0.3, 0.4) is 0 Å². The van der Waals surface area contributed by atoms with E-state index in [1.807, 2.05) is 25.1 Å². The summed E-state index contributed by atoms with van der Waals surface area (Å²) in [5, 5.41) is 0. The zero-order valence-corrected chi connectivity index (χ0v) is 15.7. The fourth-order valence-electron chi connectivity index (χ4n) is 2.07. The van der Waals surface area contributed by atoms with Crippen molar-refractivity contribution in [2.75, 3.05) is 12.3 Å². The Morgan fingerprint density at radius 3 is 2.62 bits per heavy atom. The normalized spacial score (nSPS) is 10.7. The summed E-state index contributed by atoms with van der Waals surface area (Å²) in [6.45, 7) is 4.16. The average molecular weight is 433 g/mol. The molecule has 21 heavy (non-hydrogen) atoms. The highest BCUT2D eigenvalue weighted by Crippen LogP contribution is 2.42. The van der Waals surface area contributed by atoms with Crippen molar-refractivity contribution in [1.82, 2.24) is 0 Å². The van der Waals surface area contributed by atoms with E-state index in [1.54, 1.807) is 6.92 Å². The Kier molecular flexibility index (Phi) is 5.46. The minimum Gasteiger partial charge on any atom is -0.462 e. The first kappa shape index (κ1) is 16.5. The molecular weight excluding hydrogens is 418 g/mol. The molecule has 1 aromatic carbocycles. The van der Waals surface area contributed by atoms with Crippen LogP contribution in [-0.4, -0.2) is 12.6 Å². The van der Waals surface area contributed by atoms with Crippen molar-refractivity contribution in [3.05, 3.63) is 37.6 Å². The van der Waals surface area contributed by atoms with Crippen molar-refractivity contribution in [3.8, 4) is 10.4 Å². The van der Waals surface area contributed by atoms with Gasteiger partial charge in [-0.05, 0) is 31.0 Å². The number of nitrogens with two attached hydrogens (primary N) is 1. The molecule has 0 unspecified atom stereocenters. The number of halogens is 2. The molecule has 1 heterocycles. The summed E-state index contributed by atoms with van der Waals surface area (Å²) in [5.41, 5.74) is 8.70. The van der Waals surface area contributed by atoms with Crippen molar-refractivity contribution >= 4 is 54.9 Å². The molecule has 2 rings (SSSR count). The van der Waals surface area contributed by atoms with Crippen molar-refractivity contribution < 1.29 is 9.53 Å². The third-order valence-corrected chi connectivity index (χ3v) is 5.45. The van der Waals surface area contributed by atoms with Crippen molar-refractivity contribution in [1.29, 1.82) is 0 Å². The number of hydrogen-bond acceptors (Lipinski definition) is 4. The van der Waals surface area contributed by atoms with Crippen LogP contribution in [0.25, 0.3) is 10.4 Å². The highest BCUT2D eigenvalue weighted by Gasteiger charge is 2.22. The third-order valence-electron chi connectivity index (χ3n) is 3.04. The summed E-state index contributed by atoms with van der Waals surface area (Å²) < 4.78 is 7.03. The molecule has 1 aromatic heterocycles. The van der Waals surface area contributed by atoms with Crippen molar-refractivity contribution in [2.45, 2.75) is 20.3 Å². The molecule has 2 aromatic rings. The summed E-state index contributed by atoms with van der Waals surface area (Å²) in [6.07, 6.45) is 0.763. The van der Waals surface area contributed by atoms with Crippen molar-refractivity contribution in [3.63, 3.8) is 0 Å². The lowest BCUT2D eigenvalue weighted by Crippen LogP contribution is -2.05. The third kappa shape index (κ3) is 3.33. The molecule has 0 aliphatic carbocycles. The number of hydrogen-bond donors (Lipinski definition) is 1. The van der Waals surface area contributed by atoms with E-state index in [0.717, 1.165) is 31.4 Å². The van der Waals surface area contributed by atoms with Crippen LogP contribution in [0.2, 0.25) is 0 Å². The van der Waals surface area contributed by atoms with Crippen LogP contribution in [0.5, 0.6) is 0 Å². The number of carbonyl (C=O) groups excluding carboxylic acids is 1. The molecule has 0 saturated carbocycles. The van der Waals surface area contributed by atoms with Crippen LogP contribution in [0, 0.1) is 0 Å². The number of ether oxygens (including phenoxy) is 1. The van der Waals surface area contributed by atoms with E-state index in [0.29, 0.717) is 17.2 Å². The molecule has 112 valence electrons. The predicted molar refractivity (Wildman–Crippen MR) is 94.9 cm³/mol. The lowest BCUT2D eigenvalue weighted by molar-refractivity contribution is 0.0533. The quantitative estimate of drug-likeness (QED) is 0.670. The second kappa shape index (κ2) is 6.94. The van der Waals surface area contributed by atoms with Gasteiger partial charge in [-0.2, -0.15) is 0 Å². The summed E-state index contributed by atoms with van der Waals surface area (Å²) >= 11 is 8.40. The Morgan fingerprint density at radius 1 is 1.33 bits per heavy atom. The molecular formula is C15H15Br2NO2S. The van der Waals surface area contributed by atoms with Gasteiger partial charge >= 0.3 is 5.97 Å². The number of esters is 1. The second-order valence-electron chi connectivity index (χ2n) is 4.35. The van der Waals surface area contributed by atoms with Crippen LogP contribution >= 0.6 is 43.2 Å². The van der Waals surface area contributed by atoms with E-state index in [4.69, 9.17) is 10.5 Å². The molecule has 0 atom stereocenters. The van der Waals surface area contributed by atoms with Crippen LogP contribution in [0.1, 0.15) is 29.1 Å².